The number of hydrogen-bond donors (Lipinski definition) is 3. The first-order chi connectivity index (χ1) is 14.6. The Morgan fingerprint density at radius 1 is 1.13 bits per heavy atom. The van der Waals surface area contributed by atoms with Crippen LogP contribution < -0.4 is 21.2 Å². The first-order valence-electron chi connectivity index (χ1n) is 8.61. The van der Waals surface area contributed by atoms with E-state index in [1.807, 2.05) is 0 Å². The van der Waals surface area contributed by atoms with Crippen LogP contribution in [0.4, 0.5) is 22.7 Å². The van der Waals surface area contributed by atoms with Crippen LogP contribution in [0.15, 0.2) is 41.5 Å². The number of nitrogens with zero attached hydrogens (tertiary/aromatic N) is 3. The van der Waals surface area contributed by atoms with Crippen LogP contribution in [0.2, 0.25) is 0 Å². The highest BCUT2D eigenvalue weighted by Crippen LogP contribution is 2.29. The molecular formula is C18H18N6O7. The van der Waals surface area contributed by atoms with Crippen molar-refractivity contribution in [1.82, 2.24) is 5.43 Å². The van der Waals surface area contributed by atoms with E-state index in [1.165, 1.54) is 38.3 Å². The fraction of sp³-hybridized carbons (Fsp3) is 0.167. The van der Waals surface area contributed by atoms with Gasteiger partial charge in [-0.3, -0.25) is 29.8 Å². The van der Waals surface area contributed by atoms with E-state index in [9.17, 15) is 29.8 Å². The van der Waals surface area contributed by atoms with Gasteiger partial charge in [-0.25, -0.2) is 5.43 Å². The number of nitro benzene ring substituents is 2. The second kappa shape index (κ2) is 9.78. The van der Waals surface area contributed by atoms with Gasteiger partial charge in [0, 0.05) is 23.5 Å². The second-order valence-electron chi connectivity index (χ2n) is 6.22. The Labute approximate surface area is 175 Å². The van der Waals surface area contributed by atoms with Crippen LogP contribution in [-0.4, -0.2) is 34.5 Å². The van der Waals surface area contributed by atoms with Crippen molar-refractivity contribution in [1.29, 1.82) is 0 Å². The molecule has 0 aliphatic heterocycles. The highest BCUT2D eigenvalue weighted by molar-refractivity contribution is 6.07. The fourth-order valence-corrected chi connectivity index (χ4v) is 2.44. The van der Waals surface area contributed by atoms with Gasteiger partial charge in [0.15, 0.2) is 0 Å². The Balaban J connectivity index is 2.04. The fourth-order valence-electron chi connectivity index (χ4n) is 2.44. The number of hydrogen-bond acceptors (Lipinski definition) is 9. The molecule has 0 atom stereocenters. The molecule has 0 spiro atoms. The predicted octanol–water partition coefficient (Wildman–Crippen LogP) is 2.23. The predicted molar refractivity (Wildman–Crippen MR) is 111 cm³/mol. The molecule has 162 valence electrons. The number of carbonyl (C=O) groups is 2. The van der Waals surface area contributed by atoms with Gasteiger partial charge < -0.3 is 15.8 Å². The summed E-state index contributed by atoms with van der Waals surface area (Å²) in [7, 11) is 1.35. The smallest absolute Gasteiger partial charge is 0.296 e. The molecule has 31 heavy (non-hydrogen) atoms. The van der Waals surface area contributed by atoms with Crippen molar-refractivity contribution >= 4 is 40.3 Å². The molecule has 0 bridgehead atoms. The number of nitrogen functional groups attached to an aromatic ring is 1. The first-order valence-corrected chi connectivity index (χ1v) is 8.61. The number of methoxy groups -OCH3 is 1. The van der Waals surface area contributed by atoms with Crippen molar-refractivity contribution in [3.8, 4) is 5.75 Å². The summed E-state index contributed by atoms with van der Waals surface area (Å²) in [6, 6.07) is 7.33. The number of benzene rings is 2. The second-order valence-corrected chi connectivity index (χ2v) is 6.22. The number of hydrazone groups is 1. The summed E-state index contributed by atoms with van der Waals surface area (Å²) in [6.45, 7) is 1.45. The van der Waals surface area contributed by atoms with Crippen molar-refractivity contribution in [2.75, 3.05) is 18.2 Å². The number of carbonyl (C=O) groups excluding carboxylic acids is 2. The molecule has 13 heteroatoms. The maximum atomic E-state index is 12.2. The summed E-state index contributed by atoms with van der Waals surface area (Å²) >= 11 is 0. The zero-order chi connectivity index (χ0) is 23.1. The minimum atomic E-state index is -0.763. The van der Waals surface area contributed by atoms with Gasteiger partial charge in [0.1, 0.15) is 11.4 Å². The van der Waals surface area contributed by atoms with Gasteiger partial charge in [0.2, 0.25) is 5.91 Å². The minimum absolute atomic E-state index is 0.0281. The lowest BCUT2D eigenvalue weighted by Gasteiger charge is -2.08. The quantitative estimate of drug-likeness (QED) is 0.245. The Kier molecular flexibility index (Phi) is 7.17. The van der Waals surface area contributed by atoms with Gasteiger partial charge in [-0.2, -0.15) is 5.10 Å². The lowest BCUT2D eigenvalue weighted by Crippen LogP contribution is -2.22. The molecule has 0 aliphatic rings. The van der Waals surface area contributed by atoms with E-state index >= 15 is 0 Å². The molecule has 0 saturated carbocycles. The summed E-state index contributed by atoms with van der Waals surface area (Å²) in [5, 5.41) is 28.2. The molecule has 2 amide bonds. The Bertz CT molecular complexity index is 1080. The maximum Gasteiger partial charge on any atom is 0.296 e. The number of amides is 2. The number of anilines is 2. The molecule has 13 nitrogen and oxygen atoms in total. The molecule has 0 aromatic heterocycles. The Morgan fingerprint density at radius 3 is 2.45 bits per heavy atom. The standard InChI is InChI=1S/C18H18N6O7/c1-10(21-22-18(26)11-6-12(19)8-13(7-11)23(27)28)5-17(25)20-15-4-3-14(31-2)9-16(15)24(29)30/h3-4,6-9H,5,19H2,1-2H3,(H,20,25)(H,22,26)/b21-10+. The van der Waals surface area contributed by atoms with Crippen LogP contribution in [0.1, 0.15) is 23.7 Å². The van der Waals surface area contributed by atoms with Crippen LogP contribution in [0.3, 0.4) is 0 Å². The lowest BCUT2D eigenvalue weighted by atomic mass is 10.1. The van der Waals surface area contributed by atoms with E-state index in [0.717, 1.165) is 12.1 Å². The van der Waals surface area contributed by atoms with Gasteiger partial charge in [0.25, 0.3) is 17.3 Å². The van der Waals surface area contributed by atoms with Crippen LogP contribution in [0, 0.1) is 20.2 Å². The highest BCUT2D eigenvalue weighted by atomic mass is 16.6. The molecule has 0 unspecified atom stereocenters. The first kappa shape index (κ1) is 22.7. The van der Waals surface area contributed by atoms with Crippen LogP contribution in [0.5, 0.6) is 5.75 Å². The number of ether oxygens (including phenoxy) is 1. The van der Waals surface area contributed by atoms with E-state index in [0.29, 0.717) is 0 Å². The van der Waals surface area contributed by atoms with Crippen molar-refractivity contribution < 1.29 is 24.2 Å². The van der Waals surface area contributed by atoms with E-state index in [1.54, 1.807) is 0 Å². The Morgan fingerprint density at radius 2 is 1.84 bits per heavy atom. The number of non-ortho nitro benzene ring substituents is 1. The minimum Gasteiger partial charge on any atom is -0.496 e. The lowest BCUT2D eigenvalue weighted by molar-refractivity contribution is -0.384. The van der Waals surface area contributed by atoms with Crippen molar-refractivity contribution in [3.05, 3.63) is 62.2 Å². The number of nitrogens with two attached hydrogens (primary N) is 1. The van der Waals surface area contributed by atoms with E-state index < -0.39 is 21.7 Å². The molecule has 0 heterocycles. The van der Waals surface area contributed by atoms with E-state index in [-0.39, 0.29) is 46.2 Å². The van der Waals surface area contributed by atoms with Gasteiger partial charge in [0.05, 0.1) is 35.0 Å². The van der Waals surface area contributed by atoms with Gasteiger partial charge in [-0.15, -0.1) is 0 Å². The number of nitrogens with one attached hydrogen (secondary N) is 2. The van der Waals surface area contributed by atoms with Crippen molar-refractivity contribution in [2.45, 2.75) is 13.3 Å². The largest absolute Gasteiger partial charge is 0.496 e. The van der Waals surface area contributed by atoms with Crippen molar-refractivity contribution in [2.24, 2.45) is 5.10 Å². The van der Waals surface area contributed by atoms with Gasteiger partial charge >= 0.3 is 0 Å². The molecule has 2 aromatic carbocycles. The summed E-state index contributed by atoms with van der Waals surface area (Å²) in [5.41, 5.74) is 7.12. The third-order valence-corrected chi connectivity index (χ3v) is 3.85. The highest BCUT2D eigenvalue weighted by Gasteiger charge is 2.18. The molecule has 0 aliphatic carbocycles. The van der Waals surface area contributed by atoms with Crippen LogP contribution >= 0.6 is 0 Å². The zero-order valence-corrected chi connectivity index (χ0v) is 16.4. The molecule has 0 saturated heterocycles. The summed E-state index contributed by atoms with van der Waals surface area (Å²) in [6.07, 6.45) is -0.277. The van der Waals surface area contributed by atoms with Crippen LogP contribution in [-0.2, 0) is 4.79 Å². The van der Waals surface area contributed by atoms with E-state index in [2.05, 4.69) is 15.8 Å². The van der Waals surface area contributed by atoms with E-state index in [4.69, 9.17) is 10.5 Å². The van der Waals surface area contributed by atoms with Crippen molar-refractivity contribution in [3.63, 3.8) is 0 Å². The van der Waals surface area contributed by atoms with Crippen LogP contribution in [0.25, 0.3) is 0 Å². The molecule has 2 aromatic rings. The molecule has 4 N–H and O–H groups in total. The summed E-state index contributed by atoms with van der Waals surface area (Å²) in [5.74, 6) is -1.11. The average Bonchev–Trinajstić information content (AvgIpc) is 2.71. The Hall–Kier alpha value is -4.55. The molecular weight excluding hydrogens is 412 g/mol. The normalized spacial score (nSPS) is 10.8. The molecule has 0 fully saturated rings. The average molecular weight is 430 g/mol. The van der Waals surface area contributed by atoms with Gasteiger partial charge in [-0.05, 0) is 25.1 Å². The number of nitro groups is 2. The maximum absolute atomic E-state index is 12.2. The third kappa shape index (κ3) is 6.22. The summed E-state index contributed by atoms with van der Waals surface area (Å²) in [4.78, 5) is 45.0. The number of rotatable bonds is 8. The SMILES string of the molecule is COc1ccc(NC(=O)C/C(C)=N/NC(=O)c2cc(N)cc([N+](=O)[O-])c2)c([N+](=O)[O-])c1. The topological polar surface area (TPSA) is 192 Å². The molecule has 2 rings (SSSR count). The summed E-state index contributed by atoms with van der Waals surface area (Å²) < 4.78 is 4.93. The zero-order valence-electron chi connectivity index (χ0n) is 16.4. The monoisotopic (exact) mass is 430 g/mol. The molecule has 0 radical (unpaired) electrons. The van der Waals surface area contributed by atoms with Gasteiger partial charge in [-0.1, -0.05) is 0 Å². The third-order valence-electron chi connectivity index (χ3n) is 3.85.